The van der Waals surface area contributed by atoms with Gasteiger partial charge in [-0.15, -0.1) is 0 Å². The number of hydrogen-bond acceptors (Lipinski definition) is 2. The van der Waals surface area contributed by atoms with Gasteiger partial charge in [-0.05, 0) is 63.1 Å². The highest BCUT2D eigenvalue weighted by molar-refractivity contribution is 5.29. The van der Waals surface area contributed by atoms with Crippen molar-refractivity contribution >= 4 is 0 Å². The summed E-state index contributed by atoms with van der Waals surface area (Å²) in [5.41, 5.74) is 1.34. The van der Waals surface area contributed by atoms with E-state index in [1.54, 1.807) is 0 Å². The zero-order chi connectivity index (χ0) is 14.7. The predicted octanol–water partition coefficient (Wildman–Crippen LogP) is 4.56. The molecule has 0 radical (unpaired) electrons. The van der Waals surface area contributed by atoms with Gasteiger partial charge >= 0.3 is 0 Å². The Labute approximate surface area is 123 Å². The van der Waals surface area contributed by atoms with Gasteiger partial charge in [0.25, 0.3) is 0 Å². The Kier molecular flexibility index (Phi) is 5.09. The summed E-state index contributed by atoms with van der Waals surface area (Å²) in [5.74, 6) is 2.71. The van der Waals surface area contributed by atoms with E-state index < -0.39 is 0 Å². The standard InChI is InChI=1S/C18H29NO/c1-12(2)16-10-17(11-16)19-14(5)15-6-8-18(9-7-15)20-13(3)4/h6-9,12-14,16-17,19H,10-11H2,1-5H3. The molecule has 1 N–H and O–H groups in total. The van der Waals surface area contributed by atoms with Crippen LogP contribution in [0.3, 0.4) is 0 Å². The lowest BCUT2D eigenvalue weighted by Gasteiger charge is -2.40. The minimum atomic E-state index is 0.236. The van der Waals surface area contributed by atoms with Gasteiger partial charge in [-0.25, -0.2) is 0 Å². The van der Waals surface area contributed by atoms with Gasteiger partial charge in [0.2, 0.25) is 0 Å². The molecule has 0 amide bonds. The highest BCUT2D eigenvalue weighted by atomic mass is 16.5. The summed E-state index contributed by atoms with van der Waals surface area (Å²) >= 11 is 0. The van der Waals surface area contributed by atoms with Crippen molar-refractivity contribution in [3.8, 4) is 5.75 Å². The molecule has 2 rings (SSSR count). The van der Waals surface area contributed by atoms with Crippen LogP contribution in [0.15, 0.2) is 24.3 Å². The summed E-state index contributed by atoms with van der Waals surface area (Å²) in [6.45, 7) is 11.0. The van der Waals surface area contributed by atoms with Crippen LogP contribution in [0.5, 0.6) is 5.75 Å². The van der Waals surface area contributed by atoms with Crippen LogP contribution in [0.25, 0.3) is 0 Å². The molecule has 0 heterocycles. The van der Waals surface area contributed by atoms with Crippen molar-refractivity contribution in [2.75, 3.05) is 0 Å². The van der Waals surface area contributed by atoms with E-state index in [4.69, 9.17) is 4.74 Å². The summed E-state index contributed by atoms with van der Waals surface area (Å²) in [5, 5.41) is 3.74. The van der Waals surface area contributed by atoms with Crippen LogP contribution in [0.1, 0.15) is 59.1 Å². The van der Waals surface area contributed by atoms with Crippen molar-refractivity contribution in [2.45, 2.75) is 65.6 Å². The van der Waals surface area contributed by atoms with E-state index in [1.807, 2.05) is 0 Å². The topological polar surface area (TPSA) is 21.3 Å². The van der Waals surface area contributed by atoms with Gasteiger partial charge in [0.15, 0.2) is 0 Å². The Balaban J connectivity index is 1.82. The molecule has 0 aromatic heterocycles. The largest absolute Gasteiger partial charge is 0.491 e. The molecule has 0 bridgehead atoms. The SMILES string of the molecule is CC(C)Oc1ccc(C(C)NC2CC(C(C)C)C2)cc1. The third kappa shape index (κ3) is 3.99. The maximum atomic E-state index is 5.68. The van der Waals surface area contributed by atoms with Crippen molar-refractivity contribution < 1.29 is 4.74 Å². The van der Waals surface area contributed by atoms with Gasteiger partial charge < -0.3 is 10.1 Å². The van der Waals surface area contributed by atoms with Crippen LogP contribution in [-0.4, -0.2) is 12.1 Å². The molecule has 1 aliphatic carbocycles. The molecule has 1 unspecified atom stereocenters. The molecule has 0 spiro atoms. The molecule has 2 heteroatoms. The fourth-order valence-corrected chi connectivity index (χ4v) is 2.90. The Morgan fingerprint density at radius 3 is 2.10 bits per heavy atom. The van der Waals surface area contributed by atoms with Gasteiger partial charge in [-0.1, -0.05) is 26.0 Å². The molecule has 1 saturated carbocycles. The van der Waals surface area contributed by atoms with Crippen molar-refractivity contribution in [3.05, 3.63) is 29.8 Å². The lowest BCUT2D eigenvalue weighted by molar-refractivity contribution is 0.159. The zero-order valence-electron chi connectivity index (χ0n) is 13.5. The number of hydrogen-bond donors (Lipinski definition) is 1. The highest BCUT2D eigenvalue weighted by Gasteiger charge is 2.31. The van der Waals surface area contributed by atoms with Crippen molar-refractivity contribution in [1.82, 2.24) is 5.32 Å². The maximum absolute atomic E-state index is 5.68. The Bertz CT molecular complexity index is 404. The second-order valence-corrected chi connectivity index (χ2v) is 6.80. The van der Waals surface area contributed by atoms with Gasteiger partial charge in [-0.2, -0.15) is 0 Å². The molecular weight excluding hydrogens is 246 g/mol. The van der Waals surface area contributed by atoms with Crippen LogP contribution >= 0.6 is 0 Å². The molecule has 1 aromatic carbocycles. The number of rotatable bonds is 6. The molecule has 20 heavy (non-hydrogen) atoms. The number of ether oxygens (including phenoxy) is 1. The Morgan fingerprint density at radius 2 is 1.60 bits per heavy atom. The minimum absolute atomic E-state index is 0.236. The fraction of sp³-hybridized carbons (Fsp3) is 0.667. The van der Waals surface area contributed by atoms with E-state index in [0.29, 0.717) is 12.1 Å². The third-order valence-corrected chi connectivity index (χ3v) is 4.35. The average molecular weight is 275 g/mol. The lowest BCUT2D eigenvalue weighted by atomic mass is 9.73. The number of benzene rings is 1. The first-order valence-electron chi connectivity index (χ1n) is 7.98. The van der Waals surface area contributed by atoms with Gasteiger partial charge in [-0.3, -0.25) is 0 Å². The van der Waals surface area contributed by atoms with E-state index in [-0.39, 0.29) is 6.10 Å². The fourth-order valence-electron chi connectivity index (χ4n) is 2.90. The first-order chi connectivity index (χ1) is 9.45. The molecule has 1 atom stereocenters. The van der Waals surface area contributed by atoms with E-state index in [9.17, 15) is 0 Å². The van der Waals surface area contributed by atoms with Crippen molar-refractivity contribution in [2.24, 2.45) is 11.8 Å². The minimum Gasteiger partial charge on any atom is -0.491 e. The Hall–Kier alpha value is -1.02. The zero-order valence-corrected chi connectivity index (χ0v) is 13.5. The van der Waals surface area contributed by atoms with Gasteiger partial charge in [0.05, 0.1) is 6.10 Å². The van der Waals surface area contributed by atoms with Crippen LogP contribution in [0, 0.1) is 11.8 Å². The molecule has 0 saturated heterocycles. The van der Waals surface area contributed by atoms with Crippen LogP contribution < -0.4 is 10.1 Å². The number of nitrogens with one attached hydrogen (secondary N) is 1. The summed E-state index contributed by atoms with van der Waals surface area (Å²) in [6, 6.07) is 9.61. The van der Waals surface area contributed by atoms with Crippen molar-refractivity contribution in [3.63, 3.8) is 0 Å². The highest BCUT2D eigenvalue weighted by Crippen LogP contribution is 2.34. The third-order valence-electron chi connectivity index (χ3n) is 4.35. The summed E-state index contributed by atoms with van der Waals surface area (Å²) < 4.78 is 5.68. The van der Waals surface area contributed by atoms with E-state index >= 15 is 0 Å². The Morgan fingerprint density at radius 1 is 1.00 bits per heavy atom. The molecular formula is C18H29NO. The van der Waals surface area contributed by atoms with Gasteiger partial charge in [0.1, 0.15) is 5.75 Å². The molecule has 2 nitrogen and oxygen atoms in total. The monoisotopic (exact) mass is 275 g/mol. The second kappa shape index (κ2) is 6.62. The maximum Gasteiger partial charge on any atom is 0.119 e. The summed E-state index contributed by atoms with van der Waals surface area (Å²) in [7, 11) is 0. The average Bonchev–Trinajstić information content (AvgIpc) is 2.32. The molecule has 1 aromatic rings. The molecule has 0 aliphatic heterocycles. The molecule has 1 aliphatic rings. The molecule has 1 fully saturated rings. The van der Waals surface area contributed by atoms with Crippen LogP contribution in [0.4, 0.5) is 0 Å². The van der Waals surface area contributed by atoms with Gasteiger partial charge in [0, 0.05) is 12.1 Å². The first-order valence-corrected chi connectivity index (χ1v) is 7.98. The summed E-state index contributed by atoms with van der Waals surface area (Å²) in [6.07, 6.45) is 2.90. The molecule has 112 valence electrons. The first kappa shape index (κ1) is 15.4. The van der Waals surface area contributed by atoms with Crippen LogP contribution in [-0.2, 0) is 0 Å². The smallest absolute Gasteiger partial charge is 0.119 e. The quantitative estimate of drug-likeness (QED) is 0.822. The summed E-state index contributed by atoms with van der Waals surface area (Å²) in [4.78, 5) is 0. The predicted molar refractivity (Wildman–Crippen MR) is 85.1 cm³/mol. The lowest BCUT2D eigenvalue weighted by Crippen LogP contribution is -2.43. The van der Waals surface area contributed by atoms with Crippen molar-refractivity contribution in [1.29, 1.82) is 0 Å². The van der Waals surface area contributed by atoms with Crippen LogP contribution in [0.2, 0.25) is 0 Å². The van der Waals surface area contributed by atoms with E-state index in [0.717, 1.165) is 17.6 Å². The van der Waals surface area contributed by atoms with E-state index in [1.165, 1.54) is 18.4 Å². The second-order valence-electron chi connectivity index (χ2n) is 6.80. The van der Waals surface area contributed by atoms with E-state index in [2.05, 4.69) is 64.2 Å². The normalized spacial score (nSPS) is 23.8.